The number of allylic oxidation sites excluding steroid dienone is 3. The molecule has 2 atom stereocenters. The van der Waals surface area contributed by atoms with Crippen molar-refractivity contribution in [2.24, 2.45) is 21.9 Å². The van der Waals surface area contributed by atoms with Crippen LogP contribution >= 0.6 is 0 Å². The van der Waals surface area contributed by atoms with E-state index >= 15 is 0 Å². The minimum absolute atomic E-state index is 0.0874. The molecule has 0 spiro atoms. The summed E-state index contributed by atoms with van der Waals surface area (Å²) in [5.41, 5.74) is 8.13. The predicted octanol–water partition coefficient (Wildman–Crippen LogP) is 2.44. The number of fused-ring (bicyclic) bond motifs is 1. The zero-order chi connectivity index (χ0) is 24.7. The van der Waals surface area contributed by atoms with E-state index in [0.717, 1.165) is 16.8 Å². The number of nitrogens with two attached hydrogens (primary N) is 1. The van der Waals surface area contributed by atoms with Gasteiger partial charge in [-0.05, 0) is 38.0 Å². The number of hydrogen-bond donors (Lipinski definition) is 2. The number of nitrogens with zero attached hydrogens (tertiary/aromatic N) is 3. The summed E-state index contributed by atoms with van der Waals surface area (Å²) in [6.45, 7) is 6.35. The molecule has 1 aliphatic heterocycles. The molecule has 9 heteroatoms. The van der Waals surface area contributed by atoms with Crippen LogP contribution in [-0.2, 0) is 20.9 Å². The molecule has 2 aliphatic rings. The molecule has 1 aromatic rings. The maximum Gasteiger partial charge on any atom is 0.409 e. The number of carbonyl (C=O) groups is 2. The fraction of sp³-hybridized carbons (Fsp3) is 0.440. The van der Waals surface area contributed by atoms with Gasteiger partial charge in [-0.15, -0.1) is 0 Å². The first-order valence-electron chi connectivity index (χ1n) is 11.3. The van der Waals surface area contributed by atoms with Crippen molar-refractivity contribution in [3.8, 4) is 0 Å². The van der Waals surface area contributed by atoms with E-state index in [0.29, 0.717) is 18.9 Å². The van der Waals surface area contributed by atoms with Crippen LogP contribution in [0.4, 0.5) is 4.79 Å². The van der Waals surface area contributed by atoms with E-state index in [1.807, 2.05) is 55.5 Å². The van der Waals surface area contributed by atoms with Gasteiger partial charge in [-0.3, -0.25) is 4.79 Å². The second-order valence-corrected chi connectivity index (χ2v) is 8.90. The van der Waals surface area contributed by atoms with Crippen LogP contribution in [0.25, 0.3) is 0 Å². The topological polar surface area (TPSA) is 119 Å². The highest BCUT2D eigenvalue weighted by atomic mass is 16.6. The third kappa shape index (κ3) is 6.39. The number of nitrogens with one attached hydrogen (secondary N) is 1. The van der Waals surface area contributed by atoms with Crippen molar-refractivity contribution in [2.75, 3.05) is 26.8 Å². The SMILES string of the molecule is CCN(C)C(=O)OCC1=CC=CC2=NN=C([C@@H](COCc3ccccc3)NC(=O)C(C)(C)N)C12. The van der Waals surface area contributed by atoms with Crippen molar-refractivity contribution in [3.63, 3.8) is 0 Å². The molecule has 0 bridgehead atoms. The Kier molecular flexibility index (Phi) is 8.36. The van der Waals surface area contributed by atoms with E-state index in [2.05, 4.69) is 15.5 Å². The number of benzene rings is 1. The number of amides is 2. The Labute approximate surface area is 200 Å². The maximum absolute atomic E-state index is 12.7. The first-order chi connectivity index (χ1) is 16.2. The van der Waals surface area contributed by atoms with Crippen LogP contribution in [0.15, 0.2) is 64.3 Å². The summed E-state index contributed by atoms with van der Waals surface area (Å²) in [6, 6.07) is 9.21. The highest BCUT2D eigenvalue weighted by Crippen LogP contribution is 2.27. The highest BCUT2D eigenvalue weighted by molar-refractivity contribution is 6.20. The Morgan fingerprint density at radius 2 is 1.94 bits per heavy atom. The van der Waals surface area contributed by atoms with E-state index < -0.39 is 17.7 Å². The molecule has 1 heterocycles. The molecular formula is C25H33N5O4. The number of hydrogen-bond acceptors (Lipinski definition) is 7. The van der Waals surface area contributed by atoms with Gasteiger partial charge < -0.3 is 25.4 Å². The van der Waals surface area contributed by atoms with Crippen molar-refractivity contribution in [2.45, 2.75) is 39.0 Å². The summed E-state index contributed by atoms with van der Waals surface area (Å²) in [7, 11) is 1.68. The molecule has 1 aliphatic carbocycles. The van der Waals surface area contributed by atoms with E-state index in [1.54, 1.807) is 20.9 Å². The highest BCUT2D eigenvalue weighted by Gasteiger charge is 2.38. The average Bonchev–Trinajstić information content (AvgIpc) is 3.26. The van der Waals surface area contributed by atoms with Crippen LogP contribution in [0.2, 0.25) is 0 Å². The van der Waals surface area contributed by atoms with Gasteiger partial charge in [-0.2, -0.15) is 10.2 Å². The molecule has 0 fully saturated rings. The Bertz CT molecular complexity index is 1010. The fourth-order valence-corrected chi connectivity index (χ4v) is 3.46. The predicted molar refractivity (Wildman–Crippen MR) is 132 cm³/mol. The molecule has 0 radical (unpaired) electrons. The number of ether oxygens (including phenoxy) is 2. The molecule has 182 valence electrons. The monoisotopic (exact) mass is 467 g/mol. The van der Waals surface area contributed by atoms with E-state index in [4.69, 9.17) is 15.2 Å². The van der Waals surface area contributed by atoms with E-state index in [1.165, 1.54) is 4.90 Å². The second-order valence-electron chi connectivity index (χ2n) is 8.90. The number of carbonyl (C=O) groups excluding carboxylic acids is 2. The Hall–Kier alpha value is -3.30. The van der Waals surface area contributed by atoms with Crippen LogP contribution in [0.3, 0.4) is 0 Å². The second kappa shape index (κ2) is 11.2. The lowest BCUT2D eigenvalue weighted by molar-refractivity contribution is -0.125. The molecular weight excluding hydrogens is 434 g/mol. The largest absolute Gasteiger partial charge is 0.445 e. The standard InChI is InChI=1S/C25H33N5O4/c1-5-30(4)24(32)34-15-18-12-9-13-19-21(18)22(29-28-19)20(27-23(31)25(2,3)26)16-33-14-17-10-7-6-8-11-17/h6-13,20-21H,5,14-16,26H2,1-4H3,(H,27,31)/t20-,21?/m1/s1. The Morgan fingerprint density at radius 1 is 1.21 bits per heavy atom. The zero-order valence-electron chi connectivity index (χ0n) is 20.2. The van der Waals surface area contributed by atoms with Crippen LogP contribution in [-0.4, -0.2) is 66.7 Å². The normalized spacial score (nSPS) is 17.8. The van der Waals surface area contributed by atoms with E-state index in [9.17, 15) is 9.59 Å². The molecule has 3 rings (SSSR count). The van der Waals surface area contributed by atoms with Crippen molar-refractivity contribution in [1.82, 2.24) is 10.2 Å². The van der Waals surface area contributed by atoms with Gasteiger partial charge in [-0.25, -0.2) is 4.79 Å². The van der Waals surface area contributed by atoms with Crippen molar-refractivity contribution < 1.29 is 19.1 Å². The molecule has 1 aromatic carbocycles. The van der Waals surface area contributed by atoms with Gasteiger partial charge in [0, 0.05) is 13.6 Å². The van der Waals surface area contributed by atoms with Crippen LogP contribution < -0.4 is 11.1 Å². The first-order valence-corrected chi connectivity index (χ1v) is 11.3. The van der Waals surface area contributed by atoms with Crippen LogP contribution in [0.5, 0.6) is 0 Å². The third-order valence-corrected chi connectivity index (χ3v) is 5.61. The molecule has 0 saturated heterocycles. The summed E-state index contributed by atoms with van der Waals surface area (Å²) in [5, 5.41) is 11.7. The van der Waals surface area contributed by atoms with Crippen molar-refractivity contribution >= 4 is 23.4 Å². The van der Waals surface area contributed by atoms with Crippen LogP contribution in [0, 0.1) is 5.92 Å². The maximum atomic E-state index is 12.7. The molecule has 0 aromatic heterocycles. The summed E-state index contributed by atoms with van der Waals surface area (Å²) >= 11 is 0. The summed E-state index contributed by atoms with van der Waals surface area (Å²) in [5.74, 6) is -0.652. The molecule has 34 heavy (non-hydrogen) atoms. The van der Waals surface area contributed by atoms with Gasteiger partial charge in [0.05, 0.1) is 42.1 Å². The summed E-state index contributed by atoms with van der Waals surface area (Å²) < 4.78 is 11.4. The summed E-state index contributed by atoms with van der Waals surface area (Å²) in [6.07, 6.45) is 5.19. The van der Waals surface area contributed by atoms with Crippen LogP contribution in [0.1, 0.15) is 26.3 Å². The van der Waals surface area contributed by atoms with Gasteiger partial charge in [-0.1, -0.05) is 42.5 Å². The van der Waals surface area contributed by atoms with Crippen molar-refractivity contribution in [3.05, 3.63) is 59.7 Å². The average molecular weight is 468 g/mol. The smallest absolute Gasteiger partial charge is 0.409 e. The summed E-state index contributed by atoms with van der Waals surface area (Å²) in [4.78, 5) is 26.4. The van der Waals surface area contributed by atoms with E-state index in [-0.39, 0.29) is 25.0 Å². The minimum atomic E-state index is -1.08. The lowest BCUT2D eigenvalue weighted by Gasteiger charge is -2.28. The quantitative estimate of drug-likeness (QED) is 0.548. The molecule has 9 nitrogen and oxygen atoms in total. The van der Waals surface area contributed by atoms with Gasteiger partial charge in [0.1, 0.15) is 6.61 Å². The molecule has 1 unspecified atom stereocenters. The molecule has 3 N–H and O–H groups in total. The fourth-order valence-electron chi connectivity index (χ4n) is 3.46. The first kappa shape index (κ1) is 25.3. The zero-order valence-corrected chi connectivity index (χ0v) is 20.2. The molecule has 0 saturated carbocycles. The minimum Gasteiger partial charge on any atom is -0.445 e. The third-order valence-electron chi connectivity index (χ3n) is 5.61. The Balaban J connectivity index is 1.75. The molecule has 2 amide bonds. The lowest BCUT2D eigenvalue weighted by Crippen LogP contribution is -2.56. The van der Waals surface area contributed by atoms with Crippen molar-refractivity contribution in [1.29, 1.82) is 0 Å². The van der Waals surface area contributed by atoms with Gasteiger partial charge in [0.15, 0.2) is 0 Å². The van der Waals surface area contributed by atoms with Gasteiger partial charge in [0.25, 0.3) is 0 Å². The van der Waals surface area contributed by atoms with Gasteiger partial charge >= 0.3 is 6.09 Å². The number of rotatable bonds is 10. The lowest BCUT2D eigenvalue weighted by atomic mass is 9.83. The van der Waals surface area contributed by atoms with Gasteiger partial charge in [0.2, 0.25) is 5.91 Å². The Morgan fingerprint density at radius 3 is 2.62 bits per heavy atom.